The van der Waals surface area contributed by atoms with Crippen molar-refractivity contribution in [3.63, 3.8) is 0 Å². The molecule has 1 N–H and O–H groups in total. The molecule has 0 radical (unpaired) electrons. The molecule has 1 heterocycles. The van der Waals surface area contributed by atoms with E-state index in [-0.39, 0.29) is 23.4 Å². The summed E-state index contributed by atoms with van der Waals surface area (Å²) >= 11 is 0. The standard InChI is InChI=1S/C24H26FN3O3/c1-31-22-8-3-17(16-26)15-21(22)24(30)27-11-2-12-28-13-9-19(10-14-28)23(29)18-4-6-20(25)7-5-18/h3-8,15,19H,2,9-14H2,1H3,(H,27,30). The first-order valence-electron chi connectivity index (χ1n) is 10.4. The Morgan fingerprint density at radius 3 is 2.55 bits per heavy atom. The first kappa shape index (κ1) is 22.4. The number of hydrogen-bond acceptors (Lipinski definition) is 5. The van der Waals surface area contributed by atoms with Gasteiger partial charge in [-0.05, 0) is 81.4 Å². The highest BCUT2D eigenvalue weighted by atomic mass is 19.1. The van der Waals surface area contributed by atoms with Crippen molar-refractivity contribution in [1.29, 1.82) is 5.26 Å². The Morgan fingerprint density at radius 1 is 1.19 bits per heavy atom. The Hall–Kier alpha value is -3.24. The molecule has 0 aliphatic carbocycles. The third kappa shape index (κ3) is 5.89. The van der Waals surface area contributed by atoms with Gasteiger partial charge in [0.15, 0.2) is 5.78 Å². The fraction of sp³-hybridized carbons (Fsp3) is 0.375. The van der Waals surface area contributed by atoms with Crippen LogP contribution in [0.25, 0.3) is 0 Å². The zero-order valence-electron chi connectivity index (χ0n) is 17.6. The van der Waals surface area contributed by atoms with E-state index >= 15 is 0 Å². The van der Waals surface area contributed by atoms with Crippen LogP contribution in [0.4, 0.5) is 4.39 Å². The number of nitriles is 1. The van der Waals surface area contributed by atoms with Crippen LogP contribution in [-0.2, 0) is 0 Å². The summed E-state index contributed by atoms with van der Waals surface area (Å²) in [6.45, 7) is 2.98. The number of amides is 1. The van der Waals surface area contributed by atoms with Crippen LogP contribution < -0.4 is 10.1 Å². The summed E-state index contributed by atoms with van der Waals surface area (Å²) in [4.78, 5) is 27.3. The van der Waals surface area contributed by atoms with Gasteiger partial charge in [0, 0.05) is 18.0 Å². The van der Waals surface area contributed by atoms with E-state index in [1.54, 1.807) is 24.3 Å². The number of hydrogen-bond donors (Lipinski definition) is 1. The third-order valence-electron chi connectivity index (χ3n) is 5.60. The zero-order valence-corrected chi connectivity index (χ0v) is 17.6. The average molecular weight is 423 g/mol. The summed E-state index contributed by atoms with van der Waals surface area (Å²) in [7, 11) is 1.49. The maximum absolute atomic E-state index is 13.0. The van der Waals surface area contributed by atoms with Gasteiger partial charge in [-0.25, -0.2) is 4.39 Å². The molecule has 6 nitrogen and oxygen atoms in total. The smallest absolute Gasteiger partial charge is 0.255 e. The molecule has 2 aromatic carbocycles. The molecular weight excluding hydrogens is 397 g/mol. The number of piperidine rings is 1. The number of halogens is 1. The van der Waals surface area contributed by atoms with E-state index in [0.717, 1.165) is 38.9 Å². The molecule has 1 fully saturated rings. The molecule has 0 atom stereocenters. The predicted molar refractivity (Wildman–Crippen MR) is 115 cm³/mol. The number of ether oxygens (including phenoxy) is 1. The molecule has 7 heteroatoms. The van der Waals surface area contributed by atoms with E-state index in [0.29, 0.717) is 29.0 Å². The number of likely N-dealkylation sites (tertiary alicyclic amines) is 1. The first-order chi connectivity index (χ1) is 15.0. The number of nitrogens with one attached hydrogen (secondary N) is 1. The average Bonchev–Trinajstić information content (AvgIpc) is 2.81. The van der Waals surface area contributed by atoms with Gasteiger partial charge in [0.25, 0.3) is 5.91 Å². The van der Waals surface area contributed by atoms with Crippen LogP contribution in [0.15, 0.2) is 42.5 Å². The van der Waals surface area contributed by atoms with Crippen LogP contribution >= 0.6 is 0 Å². The summed E-state index contributed by atoms with van der Waals surface area (Å²) in [6.07, 6.45) is 2.34. The lowest BCUT2D eigenvalue weighted by atomic mass is 9.89. The van der Waals surface area contributed by atoms with Crippen molar-refractivity contribution in [3.05, 3.63) is 65.0 Å². The molecule has 1 aliphatic rings. The summed E-state index contributed by atoms with van der Waals surface area (Å²) in [5.41, 5.74) is 1.32. The number of nitrogens with zero attached hydrogens (tertiary/aromatic N) is 2. The van der Waals surface area contributed by atoms with Gasteiger partial charge in [-0.1, -0.05) is 0 Å². The molecule has 0 unspecified atom stereocenters. The van der Waals surface area contributed by atoms with Gasteiger partial charge in [0.1, 0.15) is 11.6 Å². The zero-order chi connectivity index (χ0) is 22.2. The molecule has 1 saturated heterocycles. The van der Waals surface area contributed by atoms with Crippen LogP contribution in [0, 0.1) is 23.1 Å². The van der Waals surface area contributed by atoms with Crippen LogP contribution in [0.2, 0.25) is 0 Å². The molecule has 31 heavy (non-hydrogen) atoms. The van der Waals surface area contributed by atoms with Gasteiger partial charge >= 0.3 is 0 Å². The van der Waals surface area contributed by atoms with Crippen molar-refractivity contribution in [1.82, 2.24) is 10.2 Å². The summed E-state index contributed by atoms with van der Waals surface area (Å²) in [6, 6.07) is 12.5. The van der Waals surface area contributed by atoms with E-state index in [1.807, 2.05) is 6.07 Å². The monoisotopic (exact) mass is 423 g/mol. The number of rotatable bonds is 8. The lowest BCUT2D eigenvalue weighted by molar-refractivity contribution is 0.0835. The summed E-state index contributed by atoms with van der Waals surface area (Å²) in [5.74, 6) is -0.113. The molecule has 3 rings (SSSR count). The number of ketones is 1. The Balaban J connectivity index is 1.41. The number of carbonyl (C=O) groups is 2. The number of methoxy groups -OCH3 is 1. The Bertz CT molecular complexity index is 961. The van der Waals surface area contributed by atoms with Gasteiger partial charge in [0.2, 0.25) is 0 Å². The van der Waals surface area contributed by atoms with Gasteiger partial charge in [-0.3, -0.25) is 9.59 Å². The van der Waals surface area contributed by atoms with E-state index in [4.69, 9.17) is 10.00 Å². The van der Waals surface area contributed by atoms with Crippen molar-refractivity contribution in [2.24, 2.45) is 5.92 Å². The van der Waals surface area contributed by atoms with Crippen molar-refractivity contribution >= 4 is 11.7 Å². The SMILES string of the molecule is COc1ccc(C#N)cc1C(=O)NCCCN1CCC(C(=O)c2ccc(F)cc2)CC1. The van der Waals surface area contributed by atoms with Crippen LogP contribution in [0.1, 0.15) is 45.5 Å². The van der Waals surface area contributed by atoms with Gasteiger partial charge in [0.05, 0.1) is 24.3 Å². The Labute approximate surface area is 181 Å². The number of Topliss-reactive ketones (excluding diaryl/α,β-unsaturated/α-hetero) is 1. The minimum absolute atomic E-state index is 0.0266. The Kier molecular flexibility index (Phi) is 7.74. The van der Waals surface area contributed by atoms with Crippen molar-refractivity contribution in [2.75, 3.05) is 33.3 Å². The predicted octanol–water partition coefficient (Wildman–Crippen LogP) is 3.42. The second-order valence-electron chi connectivity index (χ2n) is 7.62. The van der Waals surface area contributed by atoms with Crippen LogP contribution in [0.5, 0.6) is 5.75 Å². The highest BCUT2D eigenvalue weighted by molar-refractivity contribution is 5.98. The highest BCUT2D eigenvalue weighted by Crippen LogP contribution is 2.22. The van der Waals surface area contributed by atoms with E-state index in [9.17, 15) is 14.0 Å². The molecule has 1 aliphatic heterocycles. The molecule has 162 valence electrons. The topological polar surface area (TPSA) is 82.4 Å². The number of benzene rings is 2. The first-order valence-corrected chi connectivity index (χ1v) is 10.4. The van der Waals surface area contributed by atoms with Crippen LogP contribution in [-0.4, -0.2) is 49.9 Å². The molecule has 0 spiro atoms. The van der Waals surface area contributed by atoms with Crippen molar-refractivity contribution < 1.29 is 18.7 Å². The quantitative estimate of drug-likeness (QED) is 0.520. The third-order valence-corrected chi connectivity index (χ3v) is 5.60. The van der Waals surface area contributed by atoms with Crippen LogP contribution in [0.3, 0.4) is 0 Å². The molecule has 0 bridgehead atoms. The van der Waals surface area contributed by atoms with Gasteiger partial charge in [-0.15, -0.1) is 0 Å². The second kappa shape index (κ2) is 10.7. The molecule has 0 saturated carbocycles. The largest absolute Gasteiger partial charge is 0.496 e. The minimum atomic E-state index is -0.338. The van der Waals surface area contributed by atoms with E-state index in [1.165, 1.54) is 25.3 Å². The molecule has 2 aromatic rings. The Morgan fingerprint density at radius 2 is 1.90 bits per heavy atom. The maximum atomic E-state index is 13.0. The lowest BCUT2D eigenvalue weighted by Crippen LogP contribution is -2.38. The summed E-state index contributed by atoms with van der Waals surface area (Å²) in [5, 5.41) is 11.9. The fourth-order valence-corrected chi connectivity index (χ4v) is 3.82. The molecule has 0 aromatic heterocycles. The second-order valence-corrected chi connectivity index (χ2v) is 7.62. The van der Waals surface area contributed by atoms with E-state index in [2.05, 4.69) is 10.2 Å². The maximum Gasteiger partial charge on any atom is 0.255 e. The lowest BCUT2D eigenvalue weighted by Gasteiger charge is -2.31. The highest BCUT2D eigenvalue weighted by Gasteiger charge is 2.25. The van der Waals surface area contributed by atoms with Gasteiger partial charge < -0.3 is 15.0 Å². The van der Waals surface area contributed by atoms with Gasteiger partial charge in [-0.2, -0.15) is 5.26 Å². The molecule has 1 amide bonds. The van der Waals surface area contributed by atoms with Crippen molar-refractivity contribution in [2.45, 2.75) is 19.3 Å². The van der Waals surface area contributed by atoms with Crippen molar-refractivity contribution in [3.8, 4) is 11.8 Å². The van der Waals surface area contributed by atoms with E-state index < -0.39 is 0 Å². The summed E-state index contributed by atoms with van der Waals surface area (Å²) < 4.78 is 18.3. The number of carbonyl (C=O) groups excluding carboxylic acids is 2. The minimum Gasteiger partial charge on any atom is -0.496 e. The molecular formula is C24H26FN3O3. The normalized spacial score (nSPS) is 14.6. The fourth-order valence-electron chi connectivity index (χ4n) is 3.82.